The quantitative estimate of drug-likeness (QED) is 0.167. The number of carbonyl (C=O) groups excluding carboxylic acids is 1. The molecule has 0 radical (unpaired) electrons. The summed E-state index contributed by atoms with van der Waals surface area (Å²) < 4.78 is 7.56. The van der Waals surface area contributed by atoms with Crippen molar-refractivity contribution in [1.82, 2.24) is 9.78 Å². The maximum atomic E-state index is 12.9. The Morgan fingerprint density at radius 1 is 0.829 bits per heavy atom. The minimum absolute atomic E-state index is 0.214. The van der Waals surface area contributed by atoms with E-state index in [4.69, 9.17) is 44.3 Å². The lowest BCUT2D eigenvalue weighted by Crippen LogP contribution is -1.93. The molecule has 5 aromatic rings. The SMILES string of the molecule is O=C(C=Cc1cn(-c2ccccc2)nc1-c1ccc(Cl)cc1)c1ccc(-c2ccc(Cl)c(Cl)c2)o1. The minimum Gasteiger partial charge on any atom is -0.453 e. The number of para-hydroxylation sites is 1. The number of nitrogens with zero attached hydrogens (tertiary/aromatic N) is 2. The maximum Gasteiger partial charge on any atom is 0.221 e. The molecule has 0 unspecified atom stereocenters. The van der Waals surface area contributed by atoms with Crippen molar-refractivity contribution in [3.8, 4) is 28.3 Å². The molecule has 5 rings (SSSR count). The third kappa shape index (κ3) is 5.10. The van der Waals surface area contributed by atoms with Gasteiger partial charge in [0.2, 0.25) is 5.78 Å². The molecule has 3 aromatic carbocycles. The molecule has 172 valence electrons. The third-order valence-corrected chi connectivity index (χ3v) is 6.34. The third-order valence-electron chi connectivity index (χ3n) is 5.35. The van der Waals surface area contributed by atoms with E-state index in [1.165, 1.54) is 6.08 Å². The standard InChI is InChI=1S/C28H17Cl3N2O2/c29-21-10-6-18(7-11-21)28-20(17-33(32-28)22-4-2-1-3-5-22)9-13-25(34)27-15-14-26(35-27)19-8-12-23(30)24(31)16-19/h1-17H. The summed E-state index contributed by atoms with van der Waals surface area (Å²) in [6.07, 6.45) is 5.09. The average molecular weight is 520 g/mol. The van der Waals surface area contributed by atoms with Gasteiger partial charge in [0.25, 0.3) is 0 Å². The molecule has 35 heavy (non-hydrogen) atoms. The van der Waals surface area contributed by atoms with Crippen molar-refractivity contribution in [3.05, 3.63) is 124 Å². The number of hydrogen-bond acceptors (Lipinski definition) is 3. The van der Waals surface area contributed by atoms with E-state index in [1.807, 2.05) is 60.8 Å². The average Bonchev–Trinajstić information content (AvgIpc) is 3.53. The highest BCUT2D eigenvalue weighted by Crippen LogP contribution is 2.30. The van der Waals surface area contributed by atoms with E-state index in [0.717, 1.165) is 28.1 Å². The number of allylic oxidation sites excluding steroid dienone is 1. The highest BCUT2D eigenvalue weighted by atomic mass is 35.5. The summed E-state index contributed by atoms with van der Waals surface area (Å²) in [5.41, 5.74) is 4.03. The first-order chi connectivity index (χ1) is 17.0. The predicted octanol–water partition coefficient (Wildman–Crippen LogP) is 8.66. The van der Waals surface area contributed by atoms with Crippen molar-refractivity contribution in [2.75, 3.05) is 0 Å². The molecule has 0 atom stereocenters. The van der Waals surface area contributed by atoms with Crippen LogP contribution in [0.5, 0.6) is 0 Å². The molecule has 0 saturated heterocycles. The molecule has 4 nitrogen and oxygen atoms in total. The zero-order chi connectivity index (χ0) is 24.4. The number of aromatic nitrogens is 2. The Hall–Kier alpha value is -3.57. The molecule has 0 spiro atoms. The molecule has 0 saturated carbocycles. The van der Waals surface area contributed by atoms with Gasteiger partial charge < -0.3 is 4.42 Å². The number of rotatable bonds is 6. The summed E-state index contributed by atoms with van der Waals surface area (Å²) in [5, 5.41) is 6.26. The number of benzene rings is 3. The molecule has 7 heteroatoms. The molecular formula is C28H17Cl3N2O2. The van der Waals surface area contributed by atoms with Gasteiger partial charge in [-0.25, -0.2) is 4.68 Å². The maximum absolute atomic E-state index is 12.9. The second-order valence-electron chi connectivity index (χ2n) is 7.71. The summed E-state index contributed by atoms with van der Waals surface area (Å²) in [4.78, 5) is 12.9. The molecule has 0 N–H and O–H groups in total. The van der Waals surface area contributed by atoms with E-state index in [9.17, 15) is 4.79 Å². The van der Waals surface area contributed by atoms with Gasteiger partial charge in [-0.1, -0.05) is 65.1 Å². The van der Waals surface area contributed by atoms with Crippen molar-refractivity contribution < 1.29 is 9.21 Å². The van der Waals surface area contributed by atoms with Gasteiger partial charge in [-0.2, -0.15) is 5.10 Å². The zero-order valence-corrected chi connectivity index (χ0v) is 20.4. The molecule has 0 aliphatic rings. The van der Waals surface area contributed by atoms with E-state index in [1.54, 1.807) is 41.1 Å². The van der Waals surface area contributed by atoms with Crippen LogP contribution in [0.4, 0.5) is 0 Å². The van der Waals surface area contributed by atoms with Crippen LogP contribution in [-0.2, 0) is 0 Å². The lowest BCUT2D eigenvalue weighted by molar-refractivity contribution is 0.102. The van der Waals surface area contributed by atoms with Crippen molar-refractivity contribution >= 4 is 46.7 Å². The summed E-state index contributed by atoms with van der Waals surface area (Å²) in [7, 11) is 0. The second kappa shape index (κ2) is 9.96. The fourth-order valence-electron chi connectivity index (χ4n) is 3.58. The number of furan rings is 1. The van der Waals surface area contributed by atoms with Crippen LogP contribution in [-0.4, -0.2) is 15.6 Å². The van der Waals surface area contributed by atoms with Crippen LogP contribution in [0.3, 0.4) is 0 Å². The van der Waals surface area contributed by atoms with Gasteiger partial charge in [0.1, 0.15) is 5.76 Å². The van der Waals surface area contributed by atoms with Crippen LogP contribution in [0.15, 0.2) is 102 Å². The minimum atomic E-state index is -0.272. The topological polar surface area (TPSA) is 48.0 Å². The molecule has 0 amide bonds. The molecule has 2 heterocycles. The largest absolute Gasteiger partial charge is 0.453 e. The van der Waals surface area contributed by atoms with Crippen molar-refractivity contribution in [1.29, 1.82) is 0 Å². The van der Waals surface area contributed by atoms with Gasteiger partial charge in [-0.05, 0) is 66.7 Å². The van der Waals surface area contributed by atoms with Gasteiger partial charge in [-0.3, -0.25) is 4.79 Å². The Morgan fingerprint density at radius 2 is 1.57 bits per heavy atom. The first kappa shape index (κ1) is 23.2. The Kier molecular flexibility index (Phi) is 6.60. The monoisotopic (exact) mass is 518 g/mol. The van der Waals surface area contributed by atoms with E-state index in [-0.39, 0.29) is 11.5 Å². The van der Waals surface area contributed by atoms with E-state index < -0.39 is 0 Å². The lowest BCUT2D eigenvalue weighted by Gasteiger charge is -2.01. The highest BCUT2D eigenvalue weighted by molar-refractivity contribution is 6.42. The number of hydrogen-bond donors (Lipinski definition) is 0. The normalized spacial score (nSPS) is 11.3. The van der Waals surface area contributed by atoms with Crippen LogP contribution >= 0.6 is 34.8 Å². The highest BCUT2D eigenvalue weighted by Gasteiger charge is 2.14. The Labute approximate surface area is 217 Å². The van der Waals surface area contributed by atoms with Crippen LogP contribution in [0.2, 0.25) is 15.1 Å². The molecular weight excluding hydrogens is 503 g/mol. The smallest absolute Gasteiger partial charge is 0.221 e. The Morgan fingerprint density at radius 3 is 2.31 bits per heavy atom. The van der Waals surface area contributed by atoms with Gasteiger partial charge in [0.15, 0.2) is 5.76 Å². The van der Waals surface area contributed by atoms with Gasteiger partial charge in [0.05, 0.1) is 21.4 Å². The lowest BCUT2D eigenvalue weighted by atomic mass is 10.1. The van der Waals surface area contributed by atoms with Crippen LogP contribution < -0.4 is 0 Å². The summed E-state index contributed by atoms with van der Waals surface area (Å²) >= 11 is 18.2. The van der Waals surface area contributed by atoms with Crippen LogP contribution in [0.25, 0.3) is 34.3 Å². The summed E-state index contributed by atoms with van der Waals surface area (Å²) in [6, 6.07) is 25.7. The first-order valence-corrected chi connectivity index (χ1v) is 11.8. The molecule has 0 aliphatic heterocycles. The number of halogens is 3. The predicted molar refractivity (Wildman–Crippen MR) is 142 cm³/mol. The number of carbonyl (C=O) groups is 1. The van der Waals surface area contributed by atoms with E-state index >= 15 is 0 Å². The van der Waals surface area contributed by atoms with Crippen molar-refractivity contribution in [3.63, 3.8) is 0 Å². The Bertz CT molecular complexity index is 1530. The number of ketones is 1. The summed E-state index contributed by atoms with van der Waals surface area (Å²) in [5.74, 6) is 0.468. The molecule has 0 fully saturated rings. The van der Waals surface area contributed by atoms with Gasteiger partial charge in [-0.15, -0.1) is 0 Å². The molecule has 2 aromatic heterocycles. The van der Waals surface area contributed by atoms with Crippen molar-refractivity contribution in [2.45, 2.75) is 0 Å². The Balaban J connectivity index is 1.45. The summed E-state index contributed by atoms with van der Waals surface area (Å²) in [6.45, 7) is 0. The fourth-order valence-corrected chi connectivity index (χ4v) is 4.00. The van der Waals surface area contributed by atoms with Gasteiger partial charge >= 0.3 is 0 Å². The van der Waals surface area contributed by atoms with Gasteiger partial charge in [0, 0.05) is 27.9 Å². The van der Waals surface area contributed by atoms with Crippen LogP contribution in [0.1, 0.15) is 16.1 Å². The molecule has 0 bridgehead atoms. The molecule has 0 aliphatic carbocycles. The second-order valence-corrected chi connectivity index (χ2v) is 8.96. The zero-order valence-electron chi connectivity index (χ0n) is 18.2. The first-order valence-electron chi connectivity index (χ1n) is 10.7. The fraction of sp³-hybridized carbons (Fsp3) is 0. The van der Waals surface area contributed by atoms with Crippen molar-refractivity contribution in [2.24, 2.45) is 0 Å². The van der Waals surface area contributed by atoms with Crippen LogP contribution in [0, 0.1) is 0 Å². The van der Waals surface area contributed by atoms with E-state index in [0.29, 0.717) is 20.8 Å². The van der Waals surface area contributed by atoms with E-state index in [2.05, 4.69) is 0 Å².